The lowest BCUT2D eigenvalue weighted by atomic mass is 9.87. The number of hydrogen-bond donors (Lipinski definition) is 0. The zero-order valence-electron chi connectivity index (χ0n) is 25.9. The topological polar surface area (TPSA) is 91.0 Å². The lowest BCUT2D eigenvalue weighted by molar-refractivity contribution is 0.0282. The number of carbonyl (C=O) groups is 2. The van der Waals surface area contributed by atoms with Crippen molar-refractivity contribution in [2.24, 2.45) is 12.5 Å². The van der Waals surface area contributed by atoms with Gasteiger partial charge in [-0.05, 0) is 52.0 Å². The summed E-state index contributed by atoms with van der Waals surface area (Å²) in [4.78, 5) is 31.5. The van der Waals surface area contributed by atoms with Gasteiger partial charge in [0.25, 0.3) is 0 Å². The maximum absolute atomic E-state index is 14.4. The Morgan fingerprint density at radius 2 is 1.79 bits per heavy atom. The largest absolute Gasteiger partial charge is 0.492 e. The Bertz CT molecular complexity index is 1620. The first-order valence-electron chi connectivity index (χ1n) is 14.0. The van der Waals surface area contributed by atoms with Crippen molar-refractivity contribution in [3.8, 4) is 16.9 Å². The van der Waals surface area contributed by atoms with Crippen LogP contribution in [0.4, 0.5) is 9.18 Å². The van der Waals surface area contributed by atoms with E-state index in [2.05, 4.69) is 10.1 Å². The quantitative estimate of drug-likeness (QED) is 0.225. The number of benzene rings is 1. The molecule has 3 aromatic heterocycles. The van der Waals surface area contributed by atoms with Gasteiger partial charge in [-0.3, -0.25) is 9.48 Å². The average molecular weight is 578 g/mol. The van der Waals surface area contributed by atoms with E-state index in [1.807, 2.05) is 78.2 Å². The van der Waals surface area contributed by atoms with Crippen LogP contribution in [0.3, 0.4) is 0 Å². The molecule has 0 aliphatic carbocycles. The number of rotatable bonds is 8. The second kappa shape index (κ2) is 11.6. The molecule has 0 fully saturated rings. The lowest BCUT2D eigenvalue weighted by Gasteiger charge is -2.24. The Kier molecular flexibility index (Phi) is 8.48. The number of fused-ring (bicyclic) bond motifs is 1. The summed E-state index contributed by atoms with van der Waals surface area (Å²) >= 11 is 0. The van der Waals surface area contributed by atoms with Crippen LogP contribution in [0.25, 0.3) is 16.8 Å². The first-order valence-corrected chi connectivity index (χ1v) is 14.0. The Balaban J connectivity index is 1.58. The van der Waals surface area contributed by atoms with Crippen molar-refractivity contribution in [2.45, 2.75) is 67.0 Å². The molecule has 1 aromatic carbocycles. The van der Waals surface area contributed by atoms with Crippen LogP contribution in [0.5, 0.6) is 5.75 Å². The van der Waals surface area contributed by atoms with Crippen LogP contribution in [0, 0.1) is 18.2 Å². The summed E-state index contributed by atoms with van der Waals surface area (Å²) in [7, 11) is 3.49. The van der Waals surface area contributed by atoms with E-state index in [0.717, 1.165) is 22.5 Å². The van der Waals surface area contributed by atoms with E-state index >= 15 is 0 Å². The number of ether oxygens (including phenoxy) is 2. The summed E-state index contributed by atoms with van der Waals surface area (Å²) in [5, 5.41) is 4.47. The first kappa shape index (κ1) is 30.7. The van der Waals surface area contributed by atoms with E-state index in [9.17, 15) is 14.0 Å². The van der Waals surface area contributed by atoms with Gasteiger partial charge in [0.1, 0.15) is 28.5 Å². The molecule has 4 aromatic rings. The summed E-state index contributed by atoms with van der Waals surface area (Å²) in [6, 6.07) is 8.20. The highest BCUT2D eigenvalue weighted by Gasteiger charge is 2.29. The molecule has 0 saturated heterocycles. The number of aryl methyl sites for hydroxylation is 1. The van der Waals surface area contributed by atoms with E-state index < -0.39 is 22.9 Å². The maximum Gasteiger partial charge on any atom is 0.410 e. The van der Waals surface area contributed by atoms with Crippen molar-refractivity contribution in [3.05, 3.63) is 71.2 Å². The number of halogens is 1. The third kappa shape index (κ3) is 6.80. The highest BCUT2D eigenvalue weighted by molar-refractivity contribution is 5.99. The van der Waals surface area contributed by atoms with Crippen LogP contribution < -0.4 is 4.74 Å². The summed E-state index contributed by atoms with van der Waals surface area (Å²) < 4.78 is 29.6. The number of hydrogen-bond acceptors (Lipinski definition) is 6. The number of Topliss-reactive ketones (excluding diaryl/α,β-unsaturated/α-hetero) is 1. The molecule has 0 aliphatic rings. The van der Waals surface area contributed by atoms with Crippen molar-refractivity contribution in [1.29, 1.82) is 0 Å². The molecule has 0 spiro atoms. The molecule has 0 aliphatic heterocycles. The van der Waals surface area contributed by atoms with Gasteiger partial charge in [-0.15, -0.1) is 0 Å². The maximum atomic E-state index is 14.4. The standard InChI is InChI=1S/C32H40FN5O4/c1-20-24(28(35-37(20)9)29(39)31(2,3)4)14-15-41-26-16-22(33)11-12-25(26)21-10-13-27-34-17-23(38(27)18-21)19-36(8)30(40)42-32(5,6)7/h10-13,16-18H,14-15,19H2,1-9H3. The number of nitrogens with zero attached hydrogens (tertiary/aromatic N) is 5. The van der Waals surface area contributed by atoms with Crippen molar-refractivity contribution < 1.29 is 23.5 Å². The molecule has 42 heavy (non-hydrogen) atoms. The predicted molar refractivity (Wildman–Crippen MR) is 159 cm³/mol. The third-order valence-electron chi connectivity index (χ3n) is 6.91. The highest BCUT2D eigenvalue weighted by Crippen LogP contribution is 2.32. The van der Waals surface area contributed by atoms with E-state index in [1.54, 1.807) is 24.0 Å². The fourth-order valence-electron chi connectivity index (χ4n) is 4.56. The van der Waals surface area contributed by atoms with Crippen LogP contribution in [-0.4, -0.2) is 55.2 Å². The molecule has 0 atom stereocenters. The monoisotopic (exact) mass is 577 g/mol. The van der Waals surface area contributed by atoms with Crippen LogP contribution in [0.1, 0.15) is 69.0 Å². The molecule has 3 heterocycles. The fraction of sp³-hybridized carbons (Fsp3) is 0.438. The zero-order chi connectivity index (χ0) is 31.0. The zero-order valence-corrected chi connectivity index (χ0v) is 25.9. The van der Waals surface area contributed by atoms with Gasteiger partial charge in [-0.1, -0.05) is 20.8 Å². The third-order valence-corrected chi connectivity index (χ3v) is 6.91. The normalized spacial score (nSPS) is 12.0. The van der Waals surface area contributed by atoms with E-state index in [1.165, 1.54) is 17.0 Å². The SMILES string of the molecule is Cc1c(CCOc2cc(F)ccc2-c2ccc3ncc(CN(C)C(=O)OC(C)(C)C)n3c2)c(C(=O)C(C)(C)C)nn1C. The Morgan fingerprint density at radius 3 is 2.45 bits per heavy atom. The lowest BCUT2D eigenvalue weighted by Crippen LogP contribution is -2.34. The van der Waals surface area contributed by atoms with Crippen LogP contribution in [-0.2, 0) is 24.8 Å². The number of aromatic nitrogens is 4. The van der Waals surface area contributed by atoms with Gasteiger partial charge in [-0.2, -0.15) is 5.10 Å². The molecular weight excluding hydrogens is 537 g/mol. The molecule has 0 N–H and O–H groups in total. The summed E-state index contributed by atoms with van der Waals surface area (Å²) in [5.41, 5.74) is 3.97. The fourth-order valence-corrected chi connectivity index (χ4v) is 4.56. The molecule has 0 radical (unpaired) electrons. The highest BCUT2D eigenvalue weighted by atomic mass is 19.1. The second-order valence-electron chi connectivity index (χ2n) is 12.6. The van der Waals surface area contributed by atoms with E-state index in [-0.39, 0.29) is 18.9 Å². The van der Waals surface area contributed by atoms with Gasteiger partial charge >= 0.3 is 6.09 Å². The van der Waals surface area contributed by atoms with Gasteiger partial charge in [-0.25, -0.2) is 14.2 Å². The Morgan fingerprint density at radius 1 is 1.07 bits per heavy atom. The minimum Gasteiger partial charge on any atom is -0.492 e. The molecule has 224 valence electrons. The van der Waals surface area contributed by atoms with Gasteiger partial charge in [0.2, 0.25) is 0 Å². The van der Waals surface area contributed by atoms with E-state index in [0.29, 0.717) is 29.1 Å². The average Bonchev–Trinajstić information content (AvgIpc) is 3.41. The molecule has 0 unspecified atom stereocenters. The van der Waals surface area contributed by atoms with Crippen molar-refractivity contribution in [2.75, 3.05) is 13.7 Å². The molecular formula is C32H40FN5O4. The minimum atomic E-state index is -0.601. The molecule has 9 nitrogen and oxygen atoms in total. The Hall–Kier alpha value is -4.21. The molecule has 4 rings (SSSR count). The van der Waals surface area contributed by atoms with Crippen LogP contribution in [0.2, 0.25) is 0 Å². The van der Waals surface area contributed by atoms with Crippen molar-refractivity contribution >= 4 is 17.5 Å². The summed E-state index contributed by atoms with van der Waals surface area (Å²) in [5.74, 6) is -0.0696. The molecule has 0 bridgehead atoms. The van der Waals surface area contributed by atoms with Crippen molar-refractivity contribution in [1.82, 2.24) is 24.1 Å². The smallest absolute Gasteiger partial charge is 0.410 e. The molecule has 1 amide bonds. The number of pyridine rings is 1. The van der Waals surface area contributed by atoms with Gasteiger partial charge in [0.05, 0.1) is 25.0 Å². The van der Waals surface area contributed by atoms with E-state index in [4.69, 9.17) is 9.47 Å². The molecule has 10 heteroatoms. The van der Waals surface area contributed by atoms with Crippen LogP contribution >= 0.6 is 0 Å². The molecule has 0 saturated carbocycles. The van der Waals surface area contributed by atoms with Gasteiger partial charge in [0.15, 0.2) is 5.78 Å². The minimum absolute atomic E-state index is 0.0330. The van der Waals surface area contributed by atoms with Crippen LogP contribution in [0.15, 0.2) is 42.7 Å². The van der Waals surface area contributed by atoms with Crippen molar-refractivity contribution in [3.63, 3.8) is 0 Å². The van der Waals surface area contributed by atoms with Gasteiger partial charge in [0, 0.05) is 60.6 Å². The van der Waals surface area contributed by atoms with Gasteiger partial charge < -0.3 is 18.8 Å². The number of imidazole rings is 1. The summed E-state index contributed by atoms with van der Waals surface area (Å²) in [6.07, 6.45) is 3.62. The second-order valence-corrected chi connectivity index (χ2v) is 12.6. The number of amides is 1. The number of ketones is 1. The number of carbonyl (C=O) groups excluding carboxylic acids is 2. The Labute approximate surface area is 246 Å². The summed E-state index contributed by atoms with van der Waals surface area (Å²) in [6.45, 7) is 13.5. The predicted octanol–water partition coefficient (Wildman–Crippen LogP) is 6.40. The first-order chi connectivity index (χ1) is 19.5.